The van der Waals surface area contributed by atoms with Crippen LogP contribution in [0.5, 0.6) is 0 Å². The number of benzene rings is 1. The number of methoxy groups -OCH3 is 1. The minimum atomic E-state index is -0.557. The molecular weight excluding hydrogens is 290 g/mol. The fourth-order valence-electron chi connectivity index (χ4n) is 2.22. The second-order valence-electron chi connectivity index (χ2n) is 4.99. The summed E-state index contributed by atoms with van der Waals surface area (Å²) < 4.78 is 16.1. The van der Waals surface area contributed by atoms with Gasteiger partial charge in [-0.2, -0.15) is 0 Å². The fourth-order valence-corrected chi connectivity index (χ4v) is 2.22. The van der Waals surface area contributed by atoms with E-state index in [1.165, 1.54) is 31.4 Å². The Morgan fingerprint density at radius 2 is 1.95 bits per heavy atom. The van der Waals surface area contributed by atoms with E-state index in [2.05, 4.69) is 0 Å². The van der Waals surface area contributed by atoms with Crippen LogP contribution in [0.3, 0.4) is 0 Å². The highest BCUT2D eigenvalue weighted by molar-refractivity contribution is 5.89. The van der Waals surface area contributed by atoms with Crippen LogP contribution in [0.4, 0.5) is 5.69 Å². The van der Waals surface area contributed by atoms with Gasteiger partial charge < -0.3 is 14.2 Å². The maximum Gasteiger partial charge on any atom is 0.338 e. The predicted octanol–water partition coefficient (Wildman–Crippen LogP) is 2.46. The predicted molar refractivity (Wildman–Crippen MR) is 77.4 cm³/mol. The Hall–Kier alpha value is -2.25. The summed E-state index contributed by atoms with van der Waals surface area (Å²) in [5, 5.41) is 10.6. The van der Waals surface area contributed by atoms with Crippen molar-refractivity contribution in [3.63, 3.8) is 0 Å². The largest absolute Gasteiger partial charge is 0.451 e. The van der Waals surface area contributed by atoms with Gasteiger partial charge in [-0.3, -0.25) is 10.1 Å². The molecule has 0 bridgehead atoms. The molecule has 1 heterocycles. The van der Waals surface area contributed by atoms with Gasteiger partial charge in [-0.15, -0.1) is 0 Å². The third-order valence-corrected chi connectivity index (χ3v) is 3.40. The number of ether oxygens (including phenoxy) is 3. The van der Waals surface area contributed by atoms with Gasteiger partial charge in [0.05, 0.1) is 16.6 Å². The molecule has 0 radical (unpaired) electrons. The van der Waals surface area contributed by atoms with Gasteiger partial charge in [0.1, 0.15) is 6.10 Å². The summed E-state index contributed by atoms with van der Waals surface area (Å²) in [6, 6.07) is 5.26. The van der Waals surface area contributed by atoms with Crippen LogP contribution in [0.2, 0.25) is 0 Å². The number of non-ortho nitro benzene ring substituents is 1. The zero-order valence-corrected chi connectivity index (χ0v) is 12.5. The van der Waals surface area contributed by atoms with E-state index in [1.54, 1.807) is 13.0 Å². The Bertz CT molecular complexity index is 595. The van der Waals surface area contributed by atoms with E-state index < -0.39 is 23.3 Å². The molecule has 1 aliphatic heterocycles. The SMILES string of the molecule is CO[C@H]1C=C(C)[C@H](OC(=O)c2ccc([N+](=O)[O-])cc2)[C@H](C)O1. The number of nitrogens with zero attached hydrogens (tertiary/aromatic N) is 1. The van der Waals surface area contributed by atoms with Crippen molar-refractivity contribution in [1.29, 1.82) is 0 Å². The minimum absolute atomic E-state index is 0.0788. The lowest BCUT2D eigenvalue weighted by molar-refractivity contribution is -0.384. The van der Waals surface area contributed by atoms with Crippen LogP contribution in [0.1, 0.15) is 24.2 Å². The second kappa shape index (κ2) is 6.67. The average molecular weight is 307 g/mol. The number of carbonyl (C=O) groups is 1. The first-order valence-electron chi connectivity index (χ1n) is 6.74. The van der Waals surface area contributed by atoms with E-state index in [0.29, 0.717) is 0 Å². The van der Waals surface area contributed by atoms with Gasteiger partial charge in [0.15, 0.2) is 6.29 Å². The molecule has 0 N–H and O–H groups in total. The van der Waals surface area contributed by atoms with Crippen LogP contribution in [-0.4, -0.2) is 36.5 Å². The van der Waals surface area contributed by atoms with Crippen molar-refractivity contribution in [3.8, 4) is 0 Å². The number of nitro benzene ring substituents is 1. The Balaban J connectivity index is 2.09. The van der Waals surface area contributed by atoms with Crippen LogP contribution in [-0.2, 0) is 14.2 Å². The number of hydrogen-bond donors (Lipinski definition) is 0. The van der Waals surface area contributed by atoms with Gasteiger partial charge in [0, 0.05) is 19.2 Å². The maximum absolute atomic E-state index is 12.1. The van der Waals surface area contributed by atoms with Crippen molar-refractivity contribution in [2.45, 2.75) is 32.3 Å². The van der Waals surface area contributed by atoms with E-state index in [0.717, 1.165) is 5.57 Å². The zero-order chi connectivity index (χ0) is 16.3. The summed E-state index contributed by atoms with van der Waals surface area (Å²) in [6.45, 7) is 3.62. The van der Waals surface area contributed by atoms with Gasteiger partial charge >= 0.3 is 5.97 Å². The highest BCUT2D eigenvalue weighted by atomic mass is 16.7. The molecule has 0 fully saturated rings. The molecule has 0 spiro atoms. The Morgan fingerprint density at radius 3 is 2.45 bits per heavy atom. The van der Waals surface area contributed by atoms with Gasteiger partial charge in [-0.05, 0) is 37.6 Å². The molecule has 0 unspecified atom stereocenters. The molecule has 7 nitrogen and oxygen atoms in total. The molecule has 2 rings (SSSR count). The number of nitro groups is 1. The Morgan fingerprint density at radius 1 is 1.32 bits per heavy atom. The van der Waals surface area contributed by atoms with E-state index >= 15 is 0 Å². The molecule has 1 aromatic carbocycles. The lowest BCUT2D eigenvalue weighted by Gasteiger charge is -2.32. The van der Waals surface area contributed by atoms with Crippen LogP contribution in [0.15, 0.2) is 35.9 Å². The fraction of sp³-hybridized carbons (Fsp3) is 0.400. The maximum atomic E-state index is 12.1. The second-order valence-corrected chi connectivity index (χ2v) is 4.99. The number of esters is 1. The van der Waals surface area contributed by atoms with Crippen molar-refractivity contribution >= 4 is 11.7 Å². The van der Waals surface area contributed by atoms with Crippen LogP contribution < -0.4 is 0 Å². The first kappa shape index (κ1) is 16.1. The van der Waals surface area contributed by atoms with Crippen LogP contribution >= 0.6 is 0 Å². The number of carbonyl (C=O) groups excluding carboxylic acids is 1. The molecule has 0 aromatic heterocycles. The normalized spacial score (nSPS) is 24.5. The summed E-state index contributed by atoms with van der Waals surface area (Å²) >= 11 is 0. The molecule has 22 heavy (non-hydrogen) atoms. The van der Waals surface area contributed by atoms with Crippen LogP contribution in [0, 0.1) is 10.1 Å². The van der Waals surface area contributed by atoms with Gasteiger partial charge in [-0.1, -0.05) is 0 Å². The van der Waals surface area contributed by atoms with E-state index in [1.807, 2.05) is 6.92 Å². The minimum Gasteiger partial charge on any atom is -0.451 e. The molecule has 0 aliphatic carbocycles. The van der Waals surface area contributed by atoms with Crippen molar-refractivity contribution in [1.82, 2.24) is 0 Å². The molecule has 0 saturated carbocycles. The molecule has 0 saturated heterocycles. The van der Waals surface area contributed by atoms with E-state index in [4.69, 9.17) is 14.2 Å². The smallest absolute Gasteiger partial charge is 0.338 e. The number of rotatable bonds is 4. The summed E-state index contributed by atoms with van der Waals surface area (Å²) in [5.41, 5.74) is 1.00. The Kier molecular flexibility index (Phi) is 4.89. The summed E-state index contributed by atoms with van der Waals surface area (Å²) in [5.74, 6) is -0.557. The van der Waals surface area contributed by atoms with Crippen molar-refractivity contribution in [2.24, 2.45) is 0 Å². The first-order chi connectivity index (χ1) is 10.4. The third-order valence-electron chi connectivity index (χ3n) is 3.40. The van der Waals surface area contributed by atoms with E-state index in [9.17, 15) is 14.9 Å². The molecule has 0 amide bonds. The topological polar surface area (TPSA) is 87.9 Å². The molecule has 1 aromatic rings. The lowest BCUT2D eigenvalue weighted by atomic mass is 10.0. The number of hydrogen-bond acceptors (Lipinski definition) is 6. The van der Waals surface area contributed by atoms with Gasteiger partial charge in [0.2, 0.25) is 0 Å². The Labute approximate surface area is 127 Å². The van der Waals surface area contributed by atoms with Gasteiger partial charge in [0.25, 0.3) is 5.69 Å². The van der Waals surface area contributed by atoms with Crippen LogP contribution in [0.25, 0.3) is 0 Å². The quantitative estimate of drug-likeness (QED) is 0.367. The highest BCUT2D eigenvalue weighted by Gasteiger charge is 2.31. The monoisotopic (exact) mass is 307 g/mol. The van der Waals surface area contributed by atoms with Crippen molar-refractivity contribution in [2.75, 3.05) is 7.11 Å². The summed E-state index contributed by atoms with van der Waals surface area (Å²) in [6.07, 6.45) is 0.420. The molecule has 1 aliphatic rings. The molecular formula is C15H17NO6. The average Bonchev–Trinajstić information content (AvgIpc) is 2.50. The van der Waals surface area contributed by atoms with Crippen molar-refractivity contribution in [3.05, 3.63) is 51.6 Å². The third kappa shape index (κ3) is 3.49. The molecule has 118 valence electrons. The van der Waals surface area contributed by atoms with Gasteiger partial charge in [-0.25, -0.2) is 4.79 Å². The summed E-state index contributed by atoms with van der Waals surface area (Å²) in [7, 11) is 1.53. The lowest BCUT2D eigenvalue weighted by Crippen LogP contribution is -2.39. The standard InChI is InChI=1S/C15H17NO6/c1-9-8-13(20-3)21-10(2)14(9)22-15(17)11-4-6-12(7-5-11)16(18)19/h4-8,10,13-14H,1-3H3/t10-,13+,14-/m0/s1. The van der Waals surface area contributed by atoms with E-state index in [-0.39, 0.29) is 17.4 Å². The highest BCUT2D eigenvalue weighted by Crippen LogP contribution is 2.24. The van der Waals surface area contributed by atoms with Crippen molar-refractivity contribution < 1.29 is 23.9 Å². The first-order valence-corrected chi connectivity index (χ1v) is 6.74. The molecule has 3 atom stereocenters. The zero-order valence-electron chi connectivity index (χ0n) is 12.5. The summed E-state index contributed by atoms with van der Waals surface area (Å²) in [4.78, 5) is 22.2. The molecule has 7 heteroatoms.